The van der Waals surface area contributed by atoms with Gasteiger partial charge in [-0.25, -0.2) is 16.8 Å². The number of halogens is 3. The molecule has 1 aromatic carbocycles. The Bertz CT molecular complexity index is 1120. The van der Waals surface area contributed by atoms with Gasteiger partial charge in [-0.2, -0.15) is 18.3 Å². The first-order valence-corrected chi connectivity index (χ1v) is 11.6. The SMILES string of the molecule is Cc1nn([C@H]2CCS(=O)(=O)C2)c(C)c1S(=O)(=O)Nc1cccc(C(F)(F)F)c1. The van der Waals surface area contributed by atoms with Gasteiger partial charge in [-0.15, -0.1) is 0 Å². The third kappa shape index (κ3) is 4.02. The van der Waals surface area contributed by atoms with E-state index in [0.29, 0.717) is 12.5 Å². The second-order valence-electron chi connectivity index (χ2n) is 6.69. The summed E-state index contributed by atoms with van der Waals surface area (Å²) in [6.07, 6.45) is -4.28. The highest BCUT2D eigenvalue weighted by Crippen LogP contribution is 2.32. The molecule has 1 aliphatic heterocycles. The Balaban J connectivity index is 1.95. The van der Waals surface area contributed by atoms with Crippen molar-refractivity contribution in [3.05, 3.63) is 41.2 Å². The van der Waals surface area contributed by atoms with Crippen LogP contribution in [0.3, 0.4) is 0 Å². The average Bonchev–Trinajstić information content (AvgIpc) is 3.05. The molecule has 0 saturated carbocycles. The van der Waals surface area contributed by atoms with Crippen molar-refractivity contribution < 1.29 is 30.0 Å². The van der Waals surface area contributed by atoms with Crippen LogP contribution >= 0.6 is 0 Å². The molecule has 0 unspecified atom stereocenters. The molecule has 0 spiro atoms. The highest BCUT2D eigenvalue weighted by atomic mass is 32.2. The minimum Gasteiger partial charge on any atom is -0.280 e. The summed E-state index contributed by atoms with van der Waals surface area (Å²) in [5.41, 5.74) is -0.835. The minimum atomic E-state index is -4.61. The van der Waals surface area contributed by atoms with Crippen LogP contribution < -0.4 is 4.72 Å². The Hall–Kier alpha value is -2.08. The first-order valence-electron chi connectivity index (χ1n) is 8.26. The Morgan fingerprint density at radius 2 is 1.93 bits per heavy atom. The van der Waals surface area contributed by atoms with Gasteiger partial charge < -0.3 is 0 Å². The maximum atomic E-state index is 12.9. The van der Waals surface area contributed by atoms with Crippen molar-refractivity contribution in [1.29, 1.82) is 0 Å². The topological polar surface area (TPSA) is 98.1 Å². The monoisotopic (exact) mass is 437 g/mol. The molecule has 1 atom stereocenters. The lowest BCUT2D eigenvalue weighted by molar-refractivity contribution is -0.137. The second-order valence-corrected chi connectivity index (χ2v) is 10.5. The van der Waals surface area contributed by atoms with E-state index in [1.54, 1.807) is 0 Å². The number of nitrogens with zero attached hydrogens (tertiary/aromatic N) is 2. The van der Waals surface area contributed by atoms with Crippen LogP contribution in [0.5, 0.6) is 0 Å². The van der Waals surface area contributed by atoms with Crippen LogP contribution in [0.2, 0.25) is 0 Å². The second kappa shape index (κ2) is 6.76. The maximum Gasteiger partial charge on any atom is 0.416 e. The van der Waals surface area contributed by atoms with Crippen molar-refractivity contribution >= 4 is 25.5 Å². The van der Waals surface area contributed by atoms with E-state index in [1.807, 2.05) is 0 Å². The van der Waals surface area contributed by atoms with E-state index in [2.05, 4.69) is 9.82 Å². The molecule has 154 valence electrons. The third-order valence-corrected chi connectivity index (χ3v) is 7.91. The first-order chi connectivity index (χ1) is 12.8. The summed E-state index contributed by atoms with van der Waals surface area (Å²) in [5, 5.41) is 4.18. The van der Waals surface area contributed by atoms with Crippen LogP contribution in [0.15, 0.2) is 29.2 Å². The number of alkyl halides is 3. The zero-order chi connectivity index (χ0) is 20.9. The summed E-state index contributed by atoms with van der Waals surface area (Å²) in [4.78, 5) is -0.172. The predicted molar refractivity (Wildman–Crippen MR) is 96.3 cm³/mol. The Labute approximate surface area is 160 Å². The van der Waals surface area contributed by atoms with Gasteiger partial charge >= 0.3 is 6.18 Å². The molecule has 2 heterocycles. The number of sulfonamides is 1. The van der Waals surface area contributed by atoms with Gasteiger partial charge in [0.1, 0.15) is 4.90 Å². The van der Waals surface area contributed by atoms with Crippen LogP contribution in [0.4, 0.5) is 18.9 Å². The van der Waals surface area contributed by atoms with Gasteiger partial charge in [-0.3, -0.25) is 9.40 Å². The first kappa shape index (κ1) is 20.6. The highest BCUT2D eigenvalue weighted by Gasteiger charge is 2.34. The molecule has 1 saturated heterocycles. The molecular weight excluding hydrogens is 419 g/mol. The molecule has 2 aromatic rings. The minimum absolute atomic E-state index is 0.000578. The smallest absolute Gasteiger partial charge is 0.280 e. The van der Waals surface area contributed by atoms with E-state index in [4.69, 9.17) is 0 Å². The largest absolute Gasteiger partial charge is 0.416 e. The fraction of sp³-hybridized carbons (Fsp3) is 0.438. The summed E-state index contributed by atoms with van der Waals surface area (Å²) in [7, 11) is -7.42. The number of hydrogen-bond acceptors (Lipinski definition) is 5. The summed E-state index contributed by atoms with van der Waals surface area (Å²) in [6.45, 7) is 2.94. The van der Waals surface area contributed by atoms with Gasteiger partial charge in [0.15, 0.2) is 9.84 Å². The van der Waals surface area contributed by atoms with E-state index < -0.39 is 37.6 Å². The zero-order valence-corrected chi connectivity index (χ0v) is 16.6. The molecule has 1 N–H and O–H groups in total. The third-order valence-electron chi connectivity index (χ3n) is 4.52. The van der Waals surface area contributed by atoms with Gasteiger partial charge in [0.25, 0.3) is 10.0 Å². The van der Waals surface area contributed by atoms with Gasteiger partial charge in [-0.1, -0.05) is 6.07 Å². The van der Waals surface area contributed by atoms with Gasteiger partial charge in [-0.05, 0) is 38.5 Å². The average molecular weight is 437 g/mol. The molecule has 0 radical (unpaired) electrons. The molecule has 0 amide bonds. The number of benzene rings is 1. The van der Waals surface area contributed by atoms with Crippen molar-refractivity contribution in [3.8, 4) is 0 Å². The van der Waals surface area contributed by atoms with Crippen LogP contribution in [0.1, 0.15) is 29.4 Å². The lowest BCUT2D eigenvalue weighted by Gasteiger charge is -2.13. The van der Waals surface area contributed by atoms with Crippen molar-refractivity contribution in [2.24, 2.45) is 0 Å². The molecule has 1 aliphatic rings. The van der Waals surface area contributed by atoms with Crippen LogP contribution in [-0.4, -0.2) is 38.1 Å². The molecule has 12 heteroatoms. The number of sulfone groups is 1. The zero-order valence-electron chi connectivity index (χ0n) is 15.0. The lowest BCUT2D eigenvalue weighted by Crippen LogP contribution is -2.17. The lowest BCUT2D eigenvalue weighted by atomic mass is 10.2. The molecule has 0 bridgehead atoms. The molecule has 0 aliphatic carbocycles. The van der Waals surface area contributed by atoms with E-state index in [0.717, 1.165) is 12.1 Å². The molecule has 28 heavy (non-hydrogen) atoms. The quantitative estimate of drug-likeness (QED) is 0.793. The summed E-state index contributed by atoms with van der Waals surface area (Å²) >= 11 is 0. The highest BCUT2D eigenvalue weighted by molar-refractivity contribution is 7.92. The van der Waals surface area contributed by atoms with Gasteiger partial charge in [0, 0.05) is 5.69 Å². The van der Waals surface area contributed by atoms with E-state index in [1.165, 1.54) is 24.6 Å². The number of hydrogen-bond donors (Lipinski definition) is 1. The number of rotatable bonds is 4. The van der Waals surface area contributed by atoms with E-state index in [9.17, 15) is 30.0 Å². The maximum absolute atomic E-state index is 12.9. The molecule has 1 fully saturated rings. The van der Waals surface area contributed by atoms with Crippen molar-refractivity contribution in [1.82, 2.24) is 9.78 Å². The van der Waals surface area contributed by atoms with Crippen LogP contribution in [0, 0.1) is 13.8 Å². The standard InChI is InChI=1S/C16H18F3N3O4S2/c1-10-15(11(2)22(20-10)14-6-7-27(23,24)9-14)28(25,26)21-13-5-3-4-12(8-13)16(17,18)19/h3-5,8,14,21H,6-7,9H2,1-2H3/t14-/m0/s1. The fourth-order valence-electron chi connectivity index (χ4n) is 3.33. The molecular formula is C16H18F3N3O4S2. The normalized spacial score (nSPS) is 19.7. The van der Waals surface area contributed by atoms with Gasteiger partial charge in [0.05, 0.1) is 34.5 Å². The fourth-order valence-corrected chi connectivity index (χ4v) is 6.47. The Kier molecular flexibility index (Phi) is 4.99. The molecule has 3 rings (SSSR count). The number of anilines is 1. The number of aryl methyl sites for hydroxylation is 1. The molecule has 7 nitrogen and oxygen atoms in total. The number of aromatic nitrogens is 2. The molecule has 1 aromatic heterocycles. The Morgan fingerprint density at radius 1 is 1.25 bits per heavy atom. The summed E-state index contributed by atoms with van der Waals surface area (Å²) < 4.78 is 91.1. The Morgan fingerprint density at radius 3 is 2.50 bits per heavy atom. The van der Waals surface area contributed by atoms with E-state index in [-0.39, 0.29) is 33.5 Å². The van der Waals surface area contributed by atoms with Crippen molar-refractivity contribution in [3.63, 3.8) is 0 Å². The van der Waals surface area contributed by atoms with Crippen LogP contribution in [0.25, 0.3) is 0 Å². The van der Waals surface area contributed by atoms with Crippen molar-refractivity contribution in [2.45, 2.75) is 37.4 Å². The summed E-state index contributed by atoms with van der Waals surface area (Å²) in [6, 6.07) is 3.39. The number of nitrogens with one attached hydrogen (secondary N) is 1. The van der Waals surface area contributed by atoms with Crippen LogP contribution in [-0.2, 0) is 26.0 Å². The summed E-state index contributed by atoms with van der Waals surface area (Å²) in [5.74, 6) is -0.129. The van der Waals surface area contributed by atoms with Gasteiger partial charge in [0.2, 0.25) is 0 Å². The van der Waals surface area contributed by atoms with E-state index >= 15 is 0 Å². The van der Waals surface area contributed by atoms with Crippen molar-refractivity contribution in [2.75, 3.05) is 16.2 Å². The predicted octanol–water partition coefficient (Wildman–Crippen LogP) is 2.68.